The summed E-state index contributed by atoms with van der Waals surface area (Å²) in [5.74, 6) is 1.72. The Morgan fingerprint density at radius 3 is 2.34 bits per heavy atom. The lowest BCUT2D eigenvalue weighted by atomic mass is 10.0. The zero-order valence-corrected chi connectivity index (χ0v) is 16.3. The maximum atomic E-state index is 13.0. The Balaban J connectivity index is 1.48. The summed E-state index contributed by atoms with van der Waals surface area (Å²) in [6.07, 6.45) is -0.834. The normalized spacial score (nSPS) is 17.4. The van der Waals surface area contributed by atoms with E-state index < -0.39 is 6.10 Å². The fraction of sp³-hybridized carbons (Fsp3) is 0.208. The zero-order valence-electron chi connectivity index (χ0n) is 16.3. The number of para-hydroxylation sites is 1. The van der Waals surface area contributed by atoms with Gasteiger partial charge in [0.25, 0.3) is 0 Å². The van der Waals surface area contributed by atoms with Crippen molar-refractivity contribution in [3.8, 4) is 17.2 Å². The maximum absolute atomic E-state index is 13.0. The highest BCUT2D eigenvalue weighted by Crippen LogP contribution is 2.44. The molecular formula is C24H22O5. The third kappa shape index (κ3) is 4.10. The second kappa shape index (κ2) is 8.37. The molecule has 0 saturated carbocycles. The van der Waals surface area contributed by atoms with Crippen molar-refractivity contribution in [1.29, 1.82) is 0 Å². The lowest BCUT2D eigenvalue weighted by Gasteiger charge is -2.10. The monoisotopic (exact) mass is 390 g/mol. The molecule has 1 fully saturated rings. The number of benzene rings is 3. The molecule has 0 aromatic heterocycles. The van der Waals surface area contributed by atoms with E-state index in [4.69, 9.17) is 18.9 Å². The van der Waals surface area contributed by atoms with Crippen molar-refractivity contribution in [2.24, 2.45) is 0 Å². The van der Waals surface area contributed by atoms with Crippen LogP contribution in [0.25, 0.3) is 0 Å². The van der Waals surface area contributed by atoms with Crippen LogP contribution in [0.3, 0.4) is 0 Å². The highest BCUT2D eigenvalue weighted by molar-refractivity contribution is 6.03. The molecule has 5 heteroatoms. The summed E-state index contributed by atoms with van der Waals surface area (Å²) >= 11 is 0. The average molecular weight is 390 g/mol. The standard InChI is InChI=1S/C24H22O5/c1-26-20-13-12-17(14-21(20)27-2)23-24(29-23)22(25)18-10-6-7-11-19(18)28-15-16-8-4-3-5-9-16/h3-14,23-24H,15H2,1-2H3/t23-,24+/m1/s1. The Bertz CT molecular complexity index is 999. The van der Waals surface area contributed by atoms with Gasteiger partial charge in [-0.1, -0.05) is 48.5 Å². The van der Waals surface area contributed by atoms with Crippen LogP contribution in [0.15, 0.2) is 72.8 Å². The van der Waals surface area contributed by atoms with Gasteiger partial charge >= 0.3 is 0 Å². The number of rotatable bonds is 8. The van der Waals surface area contributed by atoms with Gasteiger partial charge < -0.3 is 18.9 Å². The van der Waals surface area contributed by atoms with Crippen molar-refractivity contribution in [3.05, 3.63) is 89.5 Å². The van der Waals surface area contributed by atoms with Crippen LogP contribution in [0.1, 0.15) is 27.6 Å². The molecule has 0 N–H and O–H groups in total. The molecule has 4 rings (SSSR count). The fourth-order valence-corrected chi connectivity index (χ4v) is 3.28. The van der Waals surface area contributed by atoms with Crippen molar-refractivity contribution in [2.75, 3.05) is 14.2 Å². The van der Waals surface area contributed by atoms with Gasteiger partial charge in [0.15, 0.2) is 23.4 Å². The number of ether oxygens (including phenoxy) is 4. The molecule has 1 saturated heterocycles. The molecule has 1 aliphatic heterocycles. The van der Waals surface area contributed by atoms with Crippen molar-refractivity contribution in [2.45, 2.75) is 18.8 Å². The quantitative estimate of drug-likeness (QED) is 0.415. The summed E-state index contributed by atoms with van der Waals surface area (Å²) in [5.41, 5.74) is 2.45. The van der Waals surface area contributed by atoms with Crippen LogP contribution >= 0.6 is 0 Å². The highest BCUT2D eigenvalue weighted by Gasteiger charge is 2.47. The van der Waals surface area contributed by atoms with E-state index >= 15 is 0 Å². The van der Waals surface area contributed by atoms with Gasteiger partial charge in [0.1, 0.15) is 18.5 Å². The second-order valence-electron chi connectivity index (χ2n) is 6.73. The molecule has 2 atom stereocenters. The van der Waals surface area contributed by atoms with Gasteiger partial charge in [-0.25, -0.2) is 0 Å². The molecule has 0 bridgehead atoms. The number of methoxy groups -OCH3 is 2. The van der Waals surface area contributed by atoms with E-state index in [1.54, 1.807) is 20.3 Å². The van der Waals surface area contributed by atoms with Gasteiger partial charge in [0.2, 0.25) is 0 Å². The molecule has 0 spiro atoms. The Hall–Kier alpha value is -3.31. The topological polar surface area (TPSA) is 57.3 Å². The molecule has 0 aliphatic carbocycles. The molecule has 1 heterocycles. The van der Waals surface area contributed by atoms with Crippen molar-refractivity contribution < 1.29 is 23.7 Å². The van der Waals surface area contributed by atoms with Gasteiger partial charge in [-0.15, -0.1) is 0 Å². The minimum absolute atomic E-state index is 0.0894. The summed E-state index contributed by atoms with van der Waals surface area (Å²) in [4.78, 5) is 13.0. The first-order chi connectivity index (χ1) is 14.2. The molecule has 1 aliphatic rings. The Morgan fingerprint density at radius 1 is 0.862 bits per heavy atom. The first kappa shape index (κ1) is 19.0. The van der Waals surface area contributed by atoms with E-state index in [-0.39, 0.29) is 11.9 Å². The summed E-state index contributed by atoms with van der Waals surface area (Å²) in [6, 6.07) is 22.7. The van der Waals surface area contributed by atoms with E-state index in [9.17, 15) is 4.79 Å². The van der Waals surface area contributed by atoms with Gasteiger partial charge in [-0.2, -0.15) is 0 Å². The number of hydrogen-bond acceptors (Lipinski definition) is 5. The Labute approximate surface area is 169 Å². The number of Topliss-reactive ketones (excluding diaryl/α,β-unsaturated/α-hetero) is 1. The minimum atomic E-state index is -0.533. The molecule has 0 amide bonds. The third-order valence-electron chi connectivity index (χ3n) is 4.88. The Kier molecular flexibility index (Phi) is 5.49. The molecule has 5 nitrogen and oxygen atoms in total. The first-order valence-electron chi connectivity index (χ1n) is 9.38. The summed E-state index contributed by atoms with van der Waals surface area (Å²) in [6.45, 7) is 0.399. The predicted octanol–water partition coefficient (Wildman–Crippen LogP) is 4.61. The second-order valence-corrected chi connectivity index (χ2v) is 6.73. The van der Waals surface area contributed by atoms with Crippen LogP contribution in [0, 0.1) is 0 Å². The number of epoxide rings is 1. The van der Waals surface area contributed by atoms with Crippen molar-refractivity contribution in [1.82, 2.24) is 0 Å². The molecule has 0 unspecified atom stereocenters. The Morgan fingerprint density at radius 2 is 1.59 bits per heavy atom. The molecular weight excluding hydrogens is 368 g/mol. The van der Waals surface area contributed by atoms with E-state index in [1.807, 2.05) is 66.7 Å². The van der Waals surface area contributed by atoms with Crippen LogP contribution in [0.2, 0.25) is 0 Å². The fourth-order valence-electron chi connectivity index (χ4n) is 3.28. The third-order valence-corrected chi connectivity index (χ3v) is 4.88. The zero-order chi connectivity index (χ0) is 20.2. The van der Waals surface area contributed by atoms with Crippen molar-refractivity contribution in [3.63, 3.8) is 0 Å². The van der Waals surface area contributed by atoms with Gasteiger partial charge in [0, 0.05) is 0 Å². The number of ketones is 1. The molecule has 3 aromatic rings. The van der Waals surface area contributed by atoms with Crippen LogP contribution in [-0.2, 0) is 11.3 Å². The van der Waals surface area contributed by atoms with E-state index in [0.29, 0.717) is 29.4 Å². The maximum Gasteiger partial charge on any atom is 0.198 e. The predicted molar refractivity (Wildman–Crippen MR) is 109 cm³/mol. The summed E-state index contributed by atoms with van der Waals surface area (Å²) in [5, 5.41) is 0. The largest absolute Gasteiger partial charge is 0.493 e. The summed E-state index contributed by atoms with van der Waals surface area (Å²) < 4.78 is 22.2. The molecule has 3 aromatic carbocycles. The highest BCUT2D eigenvalue weighted by atomic mass is 16.6. The number of hydrogen-bond donors (Lipinski definition) is 0. The molecule has 0 radical (unpaired) electrons. The number of carbonyl (C=O) groups excluding carboxylic acids is 1. The lowest BCUT2D eigenvalue weighted by molar-refractivity contribution is 0.0949. The van der Waals surface area contributed by atoms with E-state index in [0.717, 1.165) is 11.1 Å². The van der Waals surface area contributed by atoms with Crippen LogP contribution in [0.4, 0.5) is 0 Å². The number of carbonyl (C=O) groups is 1. The van der Waals surface area contributed by atoms with Gasteiger partial charge in [0.05, 0.1) is 19.8 Å². The SMILES string of the molecule is COc1ccc([C@H]2O[C@H]2C(=O)c2ccccc2OCc2ccccc2)cc1OC. The molecule has 29 heavy (non-hydrogen) atoms. The van der Waals surface area contributed by atoms with Crippen molar-refractivity contribution >= 4 is 5.78 Å². The average Bonchev–Trinajstić information content (AvgIpc) is 3.58. The van der Waals surface area contributed by atoms with Gasteiger partial charge in [-0.3, -0.25) is 4.79 Å². The van der Waals surface area contributed by atoms with Gasteiger partial charge in [-0.05, 0) is 35.4 Å². The minimum Gasteiger partial charge on any atom is -0.493 e. The smallest absolute Gasteiger partial charge is 0.198 e. The first-order valence-corrected chi connectivity index (χ1v) is 9.38. The van der Waals surface area contributed by atoms with E-state index in [1.165, 1.54) is 0 Å². The summed E-state index contributed by atoms with van der Waals surface area (Å²) in [7, 11) is 3.17. The van der Waals surface area contributed by atoms with Crippen LogP contribution < -0.4 is 14.2 Å². The lowest BCUT2D eigenvalue weighted by Crippen LogP contribution is -2.11. The van der Waals surface area contributed by atoms with Crippen LogP contribution in [0.5, 0.6) is 17.2 Å². The van der Waals surface area contributed by atoms with Crippen LogP contribution in [-0.4, -0.2) is 26.1 Å². The van der Waals surface area contributed by atoms with E-state index in [2.05, 4.69) is 0 Å². The molecule has 148 valence electrons.